The molecule has 4 unspecified atom stereocenters. The molecule has 0 saturated carbocycles. The Bertz CT molecular complexity index is 1730. The molecule has 69 heavy (non-hydrogen) atoms. The number of alkyl halides is 42. The Morgan fingerprint density at radius 1 is 0.174 bits per heavy atom. The molecule has 0 aliphatic rings. The second kappa shape index (κ2) is 15.7. The topological polar surface area (TPSA) is 90.2 Å². The maximum atomic E-state index is 15.5. The summed E-state index contributed by atoms with van der Waals surface area (Å²) in [5, 5.41) is 33.1. The number of hydrogen-bond donors (Lipinski definition) is 4. The highest BCUT2D eigenvalue weighted by Crippen LogP contribution is 2.71. The molecule has 0 aromatic heterocycles. The van der Waals surface area contributed by atoms with Crippen molar-refractivity contribution in [3.63, 3.8) is 0 Å². The number of aliphatic hydroxyl groups is 4. The molecule has 47 heteroatoms. The Hall–Kier alpha value is -3.14. The molecule has 0 bridgehead atoms. The second-order valence-electron chi connectivity index (χ2n) is 12.7. The smallest absolute Gasteiger partial charge is 0.350 e. The summed E-state index contributed by atoms with van der Waals surface area (Å²) in [5.74, 6) is -186. The van der Waals surface area contributed by atoms with Crippen LogP contribution in [0.15, 0.2) is 0 Å². The molecule has 0 aliphatic heterocycles. The van der Waals surface area contributed by atoms with Crippen LogP contribution in [0.2, 0.25) is 0 Å². The fraction of sp³-hybridized carbons (Fsp3) is 1.00. The number of ether oxygens (including phenoxy) is 1. The van der Waals surface area contributed by atoms with Crippen LogP contribution in [0.3, 0.4) is 0 Å². The molecule has 0 aromatic carbocycles. The average Bonchev–Trinajstić information content (AvgIpc) is 3.07. The normalized spacial score (nSPS) is 20.3. The summed E-state index contributed by atoms with van der Waals surface area (Å²) >= 11 is 0. The van der Waals surface area contributed by atoms with Crippen LogP contribution in [0.25, 0.3) is 0 Å². The zero-order valence-electron chi connectivity index (χ0n) is 29.1. The van der Waals surface area contributed by atoms with Crippen LogP contribution in [0.4, 0.5) is 184 Å². The van der Waals surface area contributed by atoms with E-state index in [0.29, 0.717) is 4.74 Å². The lowest BCUT2D eigenvalue weighted by Crippen LogP contribution is -2.84. The molecule has 0 saturated heterocycles. The summed E-state index contributed by atoms with van der Waals surface area (Å²) in [4.78, 5) is 0. The van der Waals surface area contributed by atoms with Crippen molar-refractivity contribution < 1.29 is 210 Å². The van der Waals surface area contributed by atoms with Gasteiger partial charge in [0.05, 0.1) is 0 Å². The SMILES string of the molecule is OC(F)(F)C(O)(F)C(F)(OC(F)(C(O)(F)C(O)(F)F)C(F)(F)C(F)(F)C(F)(F)C(F)(F)C(F)(F)C(F)(F)C(F)(F)C(F)(F)F)C(F)(F)C(F)(F)C(F)(F)C(F)(F)C(F)(F)C(F)(F)C(F)(F)C(F)(F)F. The lowest BCUT2D eigenvalue weighted by Gasteiger charge is -2.52. The van der Waals surface area contributed by atoms with Gasteiger partial charge in [-0.1, -0.05) is 0 Å². The predicted octanol–water partition coefficient (Wildman–Crippen LogP) is 10.8. The zero-order chi connectivity index (χ0) is 57.7. The van der Waals surface area contributed by atoms with Gasteiger partial charge in [0.25, 0.3) is 0 Å². The molecule has 0 amide bonds. The van der Waals surface area contributed by atoms with E-state index in [9.17, 15) is 176 Å². The van der Waals surface area contributed by atoms with Gasteiger partial charge >= 0.3 is 131 Å². The van der Waals surface area contributed by atoms with E-state index in [4.69, 9.17) is 20.4 Å². The Balaban J connectivity index is 9.27. The van der Waals surface area contributed by atoms with Gasteiger partial charge in [-0.2, -0.15) is 184 Å². The summed E-state index contributed by atoms with van der Waals surface area (Å²) in [7, 11) is 0. The average molecular weight is 1150 g/mol. The molecule has 0 aromatic rings. The van der Waals surface area contributed by atoms with E-state index in [2.05, 4.69) is 0 Å². The Morgan fingerprint density at radius 3 is 0.406 bits per heavy atom. The summed E-state index contributed by atoms with van der Waals surface area (Å²) in [6.07, 6.45) is -35.3. The monoisotopic (exact) mass is 1150 g/mol. The highest BCUT2D eigenvalue weighted by Gasteiger charge is 3.03. The molecule has 0 radical (unpaired) electrons. The Kier molecular flexibility index (Phi) is 15.0. The fourth-order valence-corrected chi connectivity index (χ4v) is 3.99. The standard InChI is InChI=1S/C22H4F42O5/c23-1(24,5(31,32)9(39,40)13(47,48)19(55,56)57)3(27,28)7(35,36)11(43,44)17(53,15(51,65)21(61,62)67)69-18(54,16(52,66)22(63,64)68)12(45,46)8(37,38)4(29,30)2(25,26)6(33,34)10(41,42)14(49,50)20(58,59)60/h65-68H. The van der Waals surface area contributed by atoms with Crippen LogP contribution in [0.5, 0.6) is 0 Å². The van der Waals surface area contributed by atoms with Crippen LogP contribution in [-0.4, -0.2) is 151 Å². The van der Waals surface area contributed by atoms with Gasteiger partial charge in [-0.25, -0.2) is 0 Å². The first-order chi connectivity index (χ1) is 28.7. The molecule has 416 valence electrons. The molecule has 4 atom stereocenters. The van der Waals surface area contributed by atoms with Gasteiger partial charge in [-0.3, -0.25) is 4.74 Å². The van der Waals surface area contributed by atoms with E-state index in [1.165, 1.54) is 0 Å². The third kappa shape index (κ3) is 7.66. The van der Waals surface area contributed by atoms with Crippen molar-refractivity contribution in [2.75, 3.05) is 0 Å². The van der Waals surface area contributed by atoms with Crippen LogP contribution in [0.1, 0.15) is 0 Å². The minimum Gasteiger partial charge on any atom is -0.350 e. The highest BCUT2D eigenvalue weighted by atomic mass is 19.5. The second-order valence-corrected chi connectivity index (χ2v) is 12.7. The third-order valence-electron chi connectivity index (χ3n) is 8.18. The lowest BCUT2D eigenvalue weighted by molar-refractivity contribution is -0.570. The van der Waals surface area contributed by atoms with E-state index in [1.54, 1.807) is 0 Å². The predicted molar refractivity (Wildman–Crippen MR) is 117 cm³/mol. The summed E-state index contributed by atoms with van der Waals surface area (Å²) < 4.78 is 579. The van der Waals surface area contributed by atoms with Crippen molar-refractivity contribution in [3.05, 3.63) is 0 Å². The van der Waals surface area contributed by atoms with Gasteiger partial charge in [0.2, 0.25) is 0 Å². The summed E-state index contributed by atoms with van der Waals surface area (Å²) in [6.45, 7) is 0. The maximum absolute atomic E-state index is 15.5. The van der Waals surface area contributed by atoms with Crippen molar-refractivity contribution in [1.29, 1.82) is 0 Å². The molecule has 0 rings (SSSR count). The van der Waals surface area contributed by atoms with E-state index in [0.717, 1.165) is 0 Å². The van der Waals surface area contributed by atoms with Crippen molar-refractivity contribution in [3.8, 4) is 0 Å². The van der Waals surface area contributed by atoms with E-state index in [-0.39, 0.29) is 0 Å². The maximum Gasteiger partial charge on any atom is 0.460 e. The van der Waals surface area contributed by atoms with Gasteiger partial charge < -0.3 is 20.4 Å². The van der Waals surface area contributed by atoms with E-state index < -0.39 is 131 Å². The van der Waals surface area contributed by atoms with Crippen molar-refractivity contribution in [2.45, 2.75) is 131 Å². The Labute approximate surface area is 342 Å². The lowest BCUT2D eigenvalue weighted by atomic mass is 9.83. The van der Waals surface area contributed by atoms with Crippen molar-refractivity contribution >= 4 is 0 Å². The van der Waals surface area contributed by atoms with Crippen molar-refractivity contribution in [2.24, 2.45) is 0 Å². The van der Waals surface area contributed by atoms with Gasteiger partial charge in [-0.15, -0.1) is 0 Å². The quantitative estimate of drug-likeness (QED) is 0.0913. The molecule has 0 spiro atoms. The molecular formula is C22H4F42O5. The van der Waals surface area contributed by atoms with Gasteiger partial charge in [0, 0.05) is 0 Å². The minimum absolute atomic E-state index is 0.341. The minimum atomic E-state index is -11.0. The number of halogens is 42. The first-order valence-corrected chi connectivity index (χ1v) is 14.2. The van der Waals surface area contributed by atoms with Crippen LogP contribution >= 0.6 is 0 Å². The molecule has 0 heterocycles. The molecular weight excluding hydrogens is 1140 g/mol. The molecule has 4 N–H and O–H groups in total. The number of hydrogen-bond acceptors (Lipinski definition) is 5. The summed E-state index contributed by atoms with van der Waals surface area (Å²) in [6, 6.07) is 0. The zero-order valence-corrected chi connectivity index (χ0v) is 29.1. The molecule has 0 aliphatic carbocycles. The highest BCUT2D eigenvalue weighted by molar-refractivity contribution is 5.22. The van der Waals surface area contributed by atoms with Crippen molar-refractivity contribution in [1.82, 2.24) is 0 Å². The van der Waals surface area contributed by atoms with Gasteiger partial charge in [0.15, 0.2) is 0 Å². The van der Waals surface area contributed by atoms with Crippen LogP contribution < -0.4 is 0 Å². The molecule has 0 fully saturated rings. The fourth-order valence-electron chi connectivity index (χ4n) is 3.99. The van der Waals surface area contributed by atoms with Crippen LogP contribution in [-0.2, 0) is 4.74 Å². The first-order valence-electron chi connectivity index (χ1n) is 14.2. The largest absolute Gasteiger partial charge is 0.460 e. The van der Waals surface area contributed by atoms with Gasteiger partial charge in [-0.05, 0) is 0 Å². The Morgan fingerprint density at radius 2 is 0.290 bits per heavy atom. The number of rotatable bonds is 20. The third-order valence-corrected chi connectivity index (χ3v) is 8.18. The van der Waals surface area contributed by atoms with E-state index in [1.807, 2.05) is 0 Å². The molecule has 5 nitrogen and oxygen atoms in total. The van der Waals surface area contributed by atoms with Gasteiger partial charge in [0.1, 0.15) is 0 Å². The van der Waals surface area contributed by atoms with E-state index >= 15 is 8.78 Å². The van der Waals surface area contributed by atoms with Crippen LogP contribution in [0, 0.1) is 0 Å². The summed E-state index contributed by atoms with van der Waals surface area (Å²) in [5.41, 5.74) is 0. The first kappa shape index (κ1) is 65.9.